The van der Waals surface area contributed by atoms with Crippen molar-refractivity contribution < 1.29 is 22.7 Å². The normalized spacial score (nSPS) is 12.6. The van der Waals surface area contributed by atoms with E-state index in [4.69, 9.17) is 27.9 Å². The van der Waals surface area contributed by atoms with Crippen LogP contribution in [-0.2, 0) is 26.2 Å². The first-order chi connectivity index (χ1) is 17.1. The van der Waals surface area contributed by atoms with E-state index in [9.17, 15) is 18.0 Å². The third-order valence-corrected chi connectivity index (χ3v) is 7.37. The molecule has 0 fully saturated rings. The van der Waals surface area contributed by atoms with Crippen molar-refractivity contribution in [2.45, 2.75) is 59.2 Å². The first-order valence-corrected chi connectivity index (χ1v) is 14.4. The molecule has 0 saturated heterocycles. The van der Waals surface area contributed by atoms with Crippen LogP contribution in [0.1, 0.15) is 45.2 Å². The van der Waals surface area contributed by atoms with E-state index in [1.54, 1.807) is 43.3 Å². The van der Waals surface area contributed by atoms with Gasteiger partial charge in [-0.05, 0) is 69.5 Å². The van der Waals surface area contributed by atoms with Gasteiger partial charge in [-0.1, -0.05) is 42.3 Å². The lowest BCUT2D eigenvalue weighted by molar-refractivity contribution is -0.141. The van der Waals surface area contributed by atoms with Crippen LogP contribution >= 0.6 is 23.2 Å². The number of hydrogen-bond donors (Lipinski definition) is 1. The van der Waals surface area contributed by atoms with Crippen LogP contribution in [0.15, 0.2) is 36.4 Å². The highest BCUT2D eigenvalue weighted by Crippen LogP contribution is 2.31. The Morgan fingerprint density at radius 2 is 1.73 bits per heavy atom. The van der Waals surface area contributed by atoms with Crippen molar-refractivity contribution in [2.24, 2.45) is 0 Å². The van der Waals surface area contributed by atoms with Crippen molar-refractivity contribution in [3.63, 3.8) is 0 Å². The van der Waals surface area contributed by atoms with Crippen molar-refractivity contribution in [1.29, 1.82) is 0 Å². The van der Waals surface area contributed by atoms with Crippen LogP contribution in [0.4, 0.5) is 5.69 Å². The second-order valence-electron chi connectivity index (χ2n) is 9.88. The largest absolute Gasteiger partial charge is 0.495 e. The molecule has 204 valence electrons. The molecule has 0 aliphatic heterocycles. The Labute approximate surface area is 229 Å². The molecule has 0 aliphatic rings. The minimum Gasteiger partial charge on any atom is -0.495 e. The van der Waals surface area contributed by atoms with Crippen LogP contribution in [0.2, 0.25) is 10.0 Å². The van der Waals surface area contributed by atoms with E-state index in [1.165, 1.54) is 12.0 Å². The fourth-order valence-electron chi connectivity index (χ4n) is 3.80. The number of carbonyl (C=O) groups excluding carboxylic acids is 2. The molecule has 0 radical (unpaired) electrons. The minimum atomic E-state index is -3.90. The molecular formula is C26H35Cl2N3O5S. The number of hydrogen-bond acceptors (Lipinski definition) is 5. The lowest BCUT2D eigenvalue weighted by Gasteiger charge is -2.34. The molecule has 2 amide bonds. The van der Waals surface area contributed by atoms with Gasteiger partial charge >= 0.3 is 0 Å². The fourth-order valence-corrected chi connectivity index (χ4v) is 4.96. The highest BCUT2D eigenvalue weighted by atomic mass is 35.5. The van der Waals surface area contributed by atoms with Crippen molar-refractivity contribution in [3.05, 3.63) is 57.6 Å². The average Bonchev–Trinajstić information content (AvgIpc) is 2.77. The summed E-state index contributed by atoms with van der Waals surface area (Å²) in [5.41, 5.74) is 1.14. The summed E-state index contributed by atoms with van der Waals surface area (Å²) in [7, 11) is -2.47. The molecule has 0 aromatic heterocycles. The van der Waals surface area contributed by atoms with Gasteiger partial charge in [0.05, 0.1) is 29.1 Å². The van der Waals surface area contributed by atoms with Crippen molar-refractivity contribution >= 4 is 50.7 Å². The van der Waals surface area contributed by atoms with Crippen molar-refractivity contribution in [1.82, 2.24) is 10.2 Å². The Bertz CT molecular complexity index is 1250. The van der Waals surface area contributed by atoms with Crippen LogP contribution in [0.5, 0.6) is 5.75 Å². The van der Waals surface area contributed by atoms with Crippen molar-refractivity contribution in [3.8, 4) is 5.75 Å². The fraction of sp³-hybridized carbons (Fsp3) is 0.462. The van der Waals surface area contributed by atoms with E-state index in [1.807, 2.05) is 27.7 Å². The molecule has 0 bridgehead atoms. The van der Waals surface area contributed by atoms with E-state index >= 15 is 0 Å². The van der Waals surface area contributed by atoms with E-state index in [2.05, 4.69) is 5.32 Å². The molecule has 1 unspecified atom stereocenters. The topological polar surface area (TPSA) is 96.0 Å². The van der Waals surface area contributed by atoms with Gasteiger partial charge in [0, 0.05) is 12.1 Å². The molecule has 0 saturated carbocycles. The van der Waals surface area contributed by atoms with Crippen LogP contribution in [-0.4, -0.2) is 56.6 Å². The summed E-state index contributed by atoms with van der Waals surface area (Å²) in [4.78, 5) is 28.4. The Balaban J connectivity index is 2.55. The van der Waals surface area contributed by atoms with Gasteiger partial charge in [-0.2, -0.15) is 0 Å². The molecule has 11 heteroatoms. The Morgan fingerprint density at radius 3 is 2.24 bits per heavy atom. The number of rotatable bonds is 10. The quantitative estimate of drug-likeness (QED) is 0.442. The smallest absolute Gasteiger partial charge is 0.244 e. The molecule has 1 N–H and O–H groups in total. The van der Waals surface area contributed by atoms with Crippen molar-refractivity contribution in [2.75, 3.05) is 24.2 Å². The molecule has 2 aromatic carbocycles. The third-order valence-electron chi connectivity index (χ3n) is 5.50. The third kappa shape index (κ3) is 8.51. The zero-order valence-electron chi connectivity index (χ0n) is 22.3. The molecule has 0 spiro atoms. The van der Waals surface area contributed by atoms with E-state index in [0.29, 0.717) is 27.8 Å². The Morgan fingerprint density at radius 1 is 1.08 bits per heavy atom. The molecule has 37 heavy (non-hydrogen) atoms. The molecule has 2 rings (SSSR count). The number of ether oxygens (including phenoxy) is 1. The van der Waals surface area contributed by atoms with Crippen LogP contribution < -0.4 is 14.4 Å². The molecule has 1 atom stereocenters. The number of sulfonamides is 1. The zero-order valence-corrected chi connectivity index (χ0v) is 24.6. The number of aryl methyl sites for hydroxylation is 1. The average molecular weight is 573 g/mol. The van der Waals surface area contributed by atoms with Gasteiger partial charge in [-0.3, -0.25) is 13.9 Å². The van der Waals surface area contributed by atoms with E-state index < -0.39 is 34.1 Å². The SMILES string of the molecule is CCC(C(=O)NC(C)(C)C)N(Cc1ccc(Cl)c(Cl)c1)C(=O)CN(c1cc(C)ccc1OC)S(C)(=O)=O. The minimum absolute atomic E-state index is 0.0222. The van der Waals surface area contributed by atoms with Crippen LogP contribution in [0.3, 0.4) is 0 Å². The lowest BCUT2D eigenvalue weighted by Crippen LogP contribution is -2.55. The summed E-state index contributed by atoms with van der Waals surface area (Å²) in [6.07, 6.45) is 1.33. The highest BCUT2D eigenvalue weighted by molar-refractivity contribution is 7.92. The maximum Gasteiger partial charge on any atom is 0.244 e. The summed E-state index contributed by atoms with van der Waals surface area (Å²) in [6, 6.07) is 9.15. The standard InChI is InChI=1S/C26H35Cl2N3O5S/c1-8-21(25(33)29-26(3,4)5)30(15-18-10-11-19(27)20(28)14-18)24(32)16-31(37(7,34)35)22-13-17(2)9-12-23(22)36-6/h9-14,21H,8,15-16H2,1-7H3,(H,29,33). The first-order valence-electron chi connectivity index (χ1n) is 11.7. The molecule has 0 aliphatic carbocycles. The summed E-state index contributed by atoms with van der Waals surface area (Å²) in [6.45, 7) is 8.63. The van der Waals surface area contributed by atoms with Gasteiger partial charge in [0.15, 0.2) is 0 Å². The number of methoxy groups -OCH3 is 1. The summed E-state index contributed by atoms with van der Waals surface area (Å²) >= 11 is 12.3. The second-order valence-corrected chi connectivity index (χ2v) is 12.6. The van der Waals surface area contributed by atoms with Gasteiger partial charge in [0.25, 0.3) is 0 Å². The summed E-state index contributed by atoms with van der Waals surface area (Å²) < 4.78 is 32.1. The number of amides is 2. The number of nitrogens with one attached hydrogen (secondary N) is 1. The number of nitrogens with zero attached hydrogens (tertiary/aromatic N) is 2. The number of halogens is 2. The highest BCUT2D eigenvalue weighted by Gasteiger charge is 2.33. The van der Waals surface area contributed by atoms with E-state index in [0.717, 1.165) is 16.1 Å². The number of anilines is 1. The zero-order chi connectivity index (χ0) is 28.1. The van der Waals surface area contributed by atoms with Gasteiger partial charge in [0.2, 0.25) is 21.8 Å². The van der Waals surface area contributed by atoms with Gasteiger partial charge in [-0.25, -0.2) is 8.42 Å². The lowest BCUT2D eigenvalue weighted by atomic mass is 10.1. The monoisotopic (exact) mass is 571 g/mol. The molecule has 8 nitrogen and oxygen atoms in total. The van der Waals surface area contributed by atoms with Gasteiger partial charge in [-0.15, -0.1) is 0 Å². The Hall–Kier alpha value is -2.49. The molecular weight excluding hydrogens is 537 g/mol. The number of carbonyl (C=O) groups is 2. The Kier molecular flexibility index (Phi) is 10.3. The van der Waals surface area contributed by atoms with Gasteiger partial charge < -0.3 is 15.0 Å². The first kappa shape index (κ1) is 30.7. The van der Waals surface area contributed by atoms with E-state index in [-0.39, 0.29) is 18.1 Å². The number of benzene rings is 2. The van der Waals surface area contributed by atoms with Crippen LogP contribution in [0, 0.1) is 6.92 Å². The molecule has 2 aromatic rings. The summed E-state index contributed by atoms with van der Waals surface area (Å²) in [5, 5.41) is 3.58. The second kappa shape index (κ2) is 12.4. The maximum atomic E-state index is 13.8. The summed E-state index contributed by atoms with van der Waals surface area (Å²) in [5.74, 6) is -0.601. The predicted octanol–water partition coefficient (Wildman–Crippen LogP) is 4.80. The van der Waals surface area contributed by atoms with Crippen LogP contribution in [0.25, 0.3) is 0 Å². The maximum absolute atomic E-state index is 13.8. The van der Waals surface area contributed by atoms with Gasteiger partial charge in [0.1, 0.15) is 18.3 Å². The predicted molar refractivity (Wildman–Crippen MR) is 149 cm³/mol. The molecule has 0 heterocycles.